The van der Waals surface area contributed by atoms with E-state index in [4.69, 9.17) is 11.6 Å². The number of likely N-dealkylation sites (N-methyl/N-ethyl adjacent to an activating group) is 1. The SMILES string of the molecule is Cc1sc(N2CCC[C@@H](N(C)C)C2)nc1S(=O)(=O)N[C@@H](CNC(=O)c1ccc(Cl)s1)C(=O)O. The first kappa shape index (κ1) is 25.8. The average Bonchev–Trinajstić information content (AvgIpc) is 3.37. The number of aryl methyl sites for hydroxylation is 1. The number of aliphatic carboxylic acids is 1. The van der Waals surface area contributed by atoms with Gasteiger partial charge in [0, 0.05) is 30.6 Å². The maximum Gasteiger partial charge on any atom is 0.323 e. The van der Waals surface area contributed by atoms with Gasteiger partial charge in [-0.3, -0.25) is 9.59 Å². The molecule has 2 aromatic rings. The van der Waals surface area contributed by atoms with Gasteiger partial charge < -0.3 is 20.2 Å². The molecule has 1 aliphatic heterocycles. The van der Waals surface area contributed by atoms with Gasteiger partial charge in [0.15, 0.2) is 10.2 Å². The van der Waals surface area contributed by atoms with Gasteiger partial charge in [0.2, 0.25) is 0 Å². The van der Waals surface area contributed by atoms with E-state index in [9.17, 15) is 23.1 Å². The minimum absolute atomic E-state index is 0.197. The Morgan fingerprint density at radius 3 is 2.70 bits per heavy atom. The average molecular weight is 536 g/mol. The molecule has 2 atom stereocenters. The molecule has 33 heavy (non-hydrogen) atoms. The summed E-state index contributed by atoms with van der Waals surface area (Å²) in [6.45, 7) is 2.72. The molecule has 3 rings (SSSR count). The number of thiazole rings is 1. The van der Waals surface area contributed by atoms with E-state index in [-0.39, 0.29) is 5.03 Å². The predicted octanol–water partition coefficient (Wildman–Crippen LogP) is 1.86. The molecular formula is C19H26ClN5O5S3. The van der Waals surface area contributed by atoms with Crippen LogP contribution < -0.4 is 14.9 Å². The summed E-state index contributed by atoms with van der Waals surface area (Å²) in [6, 6.07) is 1.83. The fourth-order valence-electron chi connectivity index (χ4n) is 3.44. The van der Waals surface area contributed by atoms with E-state index >= 15 is 0 Å². The quantitative estimate of drug-likeness (QED) is 0.443. The largest absolute Gasteiger partial charge is 0.480 e. The number of halogens is 1. The Labute approximate surface area is 205 Å². The van der Waals surface area contributed by atoms with Gasteiger partial charge >= 0.3 is 5.97 Å². The minimum atomic E-state index is -4.23. The third-order valence-electron chi connectivity index (χ3n) is 5.25. The van der Waals surface area contributed by atoms with Crippen LogP contribution in [0.15, 0.2) is 17.2 Å². The highest BCUT2D eigenvalue weighted by molar-refractivity contribution is 7.89. The molecule has 1 amide bonds. The van der Waals surface area contributed by atoms with E-state index in [1.807, 2.05) is 14.1 Å². The number of amides is 1. The second kappa shape index (κ2) is 10.7. The van der Waals surface area contributed by atoms with Gasteiger partial charge in [0.25, 0.3) is 15.9 Å². The summed E-state index contributed by atoms with van der Waals surface area (Å²) in [5.41, 5.74) is 0. The monoisotopic (exact) mass is 535 g/mol. The van der Waals surface area contributed by atoms with Crippen molar-refractivity contribution in [1.29, 1.82) is 0 Å². The summed E-state index contributed by atoms with van der Waals surface area (Å²) in [6.07, 6.45) is 2.03. The highest BCUT2D eigenvalue weighted by Gasteiger charge is 2.31. The third kappa shape index (κ3) is 6.43. The number of thiophene rings is 1. The molecule has 2 aromatic heterocycles. The maximum atomic E-state index is 13.0. The van der Waals surface area contributed by atoms with Crippen molar-refractivity contribution in [3.63, 3.8) is 0 Å². The number of nitrogens with zero attached hydrogens (tertiary/aromatic N) is 3. The number of hydrogen-bond donors (Lipinski definition) is 3. The molecule has 3 N–H and O–H groups in total. The lowest BCUT2D eigenvalue weighted by Gasteiger charge is -2.35. The van der Waals surface area contributed by atoms with Crippen molar-refractivity contribution < 1.29 is 23.1 Å². The van der Waals surface area contributed by atoms with Gasteiger partial charge in [-0.05, 0) is 46.0 Å². The number of nitrogens with one attached hydrogen (secondary N) is 2. The van der Waals surface area contributed by atoms with Crippen LogP contribution in [0.4, 0.5) is 5.13 Å². The summed E-state index contributed by atoms with van der Waals surface area (Å²) < 4.78 is 28.5. The summed E-state index contributed by atoms with van der Waals surface area (Å²) >= 11 is 8.11. The molecule has 1 saturated heterocycles. The molecule has 0 bridgehead atoms. The first-order valence-corrected chi connectivity index (χ1v) is 13.6. The number of hydrogen-bond acceptors (Lipinski definition) is 9. The number of carbonyl (C=O) groups excluding carboxylic acids is 1. The van der Waals surface area contributed by atoms with Crippen molar-refractivity contribution in [3.8, 4) is 0 Å². The Morgan fingerprint density at radius 2 is 2.09 bits per heavy atom. The van der Waals surface area contributed by atoms with Crippen molar-refractivity contribution >= 4 is 61.3 Å². The summed E-state index contributed by atoms with van der Waals surface area (Å²) in [7, 11) is -0.204. The van der Waals surface area contributed by atoms with Crippen molar-refractivity contribution in [2.24, 2.45) is 0 Å². The number of anilines is 1. The molecule has 0 aliphatic carbocycles. The van der Waals surface area contributed by atoms with E-state index in [2.05, 4.69) is 24.8 Å². The van der Waals surface area contributed by atoms with E-state index in [0.29, 0.717) is 25.3 Å². The minimum Gasteiger partial charge on any atom is -0.480 e. The first-order chi connectivity index (χ1) is 15.5. The molecule has 10 nitrogen and oxygen atoms in total. The van der Waals surface area contributed by atoms with Gasteiger partial charge in [0.1, 0.15) is 6.04 Å². The van der Waals surface area contributed by atoms with Crippen molar-refractivity contribution in [2.75, 3.05) is 38.6 Å². The second-order valence-electron chi connectivity index (χ2n) is 7.89. The molecule has 1 aliphatic rings. The Bertz CT molecular complexity index is 1120. The lowest BCUT2D eigenvalue weighted by Crippen LogP contribution is -2.48. The van der Waals surface area contributed by atoms with Gasteiger partial charge in [-0.25, -0.2) is 13.4 Å². The molecule has 0 unspecified atom stereocenters. The number of carboxylic acids is 1. The van der Waals surface area contributed by atoms with E-state index < -0.39 is 34.5 Å². The van der Waals surface area contributed by atoms with Crippen molar-refractivity contribution in [1.82, 2.24) is 19.9 Å². The Hall–Kier alpha value is -1.77. The van der Waals surface area contributed by atoms with Crippen LogP contribution in [-0.4, -0.2) is 81.1 Å². The van der Waals surface area contributed by atoms with E-state index in [1.54, 1.807) is 13.0 Å². The third-order valence-corrected chi connectivity index (χ3v) is 9.15. The zero-order chi connectivity index (χ0) is 24.3. The Morgan fingerprint density at radius 1 is 1.36 bits per heavy atom. The number of rotatable bonds is 9. The molecular weight excluding hydrogens is 510 g/mol. The summed E-state index contributed by atoms with van der Waals surface area (Å²) in [4.78, 5) is 33.2. The number of piperidine rings is 1. The topological polar surface area (TPSA) is 132 Å². The van der Waals surface area contributed by atoms with Gasteiger partial charge in [-0.15, -0.1) is 22.7 Å². The number of aromatic nitrogens is 1. The van der Waals surface area contributed by atoms with Crippen LogP contribution in [0.2, 0.25) is 4.34 Å². The highest BCUT2D eigenvalue weighted by atomic mass is 35.5. The van der Waals surface area contributed by atoms with Gasteiger partial charge in [0.05, 0.1) is 9.21 Å². The summed E-state index contributed by atoms with van der Waals surface area (Å²) in [5.74, 6) is -1.95. The fourth-order valence-corrected chi connectivity index (χ4v) is 7.01. The molecule has 3 heterocycles. The smallest absolute Gasteiger partial charge is 0.323 e. The lowest BCUT2D eigenvalue weighted by atomic mass is 10.1. The van der Waals surface area contributed by atoms with Crippen LogP contribution in [0.25, 0.3) is 0 Å². The number of carboxylic acid groups (broad SMARTS) is 1. The van der Waals surface area contributed by atoms with Crippen LogP contribution in [0.3, 0.4) is 0 Å². The van der Waals surface area contributed by atoms with E-state index in [0.717, 1.165) is 37.3 Å². The lowest BCUT2D eigenvalue weighted by molar-refractivity contribution is -0.138. The molecule has 0 spiro atoms. The van der Waals surface area contributed by atoms with Crippen LogP contribution in [0.1, 0.15) is 27.4 Å². The molecule has 182 valence electrons. The fraction of sp³-hybridized carbons (Fsp3) is 0.526. The second-order valence-corrected chi connectivity index (χ2v) is 12.4. The normalized spacial score (nSPS) is 17.8. The standard InChI is InChI=1S/C19H26ClN5O5S3/c1-11-17(22-19(31-11)25-8-4-5-12(10-25)24(2)3)33(29,30)23-13(18(27)28)9-21-16(26)14-6-7-15(20)32-14/h6-7,12-13,23H,4-5,8-10H2,1-3H3,(H,21,26)(H,27,28)/t12-,13+/m1/s1. The number of carbonyl (C=O) groups is 2. The zero-order valence-electron chi connectivity index (χ0n) is 18.4. The van der Waals surface area contributed by atoms with Gasteiger partial charge in [-0.1, -0.05) is 11.6 Å². The molecule has 0 radical (unpaired) electrons. The highest BCUT2D eigenvalue weighted by Crippen LogP contribution is 2.31. The van der Waals surface area contributed by atoms with Crippen LogP contribution >= 0.6 is 34.3 Å². The zero-order valence-corrected chi connectivity index (χ0v) is 21.6. The Kier molecular flexibility index (Phi) is 8.35. The van der Waals surface area contributed by atoms with E-state index in [1.165, 1.54) is 17.4 Å². The predicted molar refractivity (Wildman–Crippen MR) is 129 cm³/mol. The molecule has 1 fully saturated rings. The first-order valence-electron chi connectivity index (χ1n) is 10.2. The summed E-state index contributed by atoms with van der Waals surface area (Å²) in [5, 5.41) is 12.3. The van der Waals surface area contributed by atoms with Crippen LogP contribution in [0, 0.1) is 6.92 Å². The Balaban J connectivity index is 1.71. The maximum absolute atomic E-state index is 13.0. The molecule has 0 aromatic carbocycles. The van der Waals surface area contributed by atoms with Crippen molar-refractivity contribution in [3.05, 3.63) is 26.2 Å². The number of sulfonamides is 1. The van der Waals surface area contributed by atoms with Gasteiger partial charge in [-0.2, -0.15) is 4.72 Å². The molecule has 14 heteroatoms. The van der Waals surface area contributed by atoms with Crippen molar-refractivity contribution in [2.45, 2.75) is 36.9 Å². The van der Waals surface area contributed by atoms with Crippen LogP contribution in [-0.2, 0) is 14.8 Å². The molecule has 0 saturated carbocycles. The van der Waals surface area contributed by atoms with Crippen LogP contribution in [0.5, 0.6) is 0 Å².